The van der Waals surface area contributed by atoms with Gasteiger partial charge in [0.15, 0.2) is 22.9 Å². The van der Waals surface area contributed by atoms with Crippen LogP contribution >= 0.6 is 12.2 Å². The molecule has 34 heavy (non-hydrogen) atoms. The van der Waals surface area contributed by atoms with Crippen molar-refractivity contribution in [2.24, 2.45) is 0 Å². The summed E-state index contributed by atoms with van der Waals surface area (Å²) in [5.74, 6) is -0.975. The maximum Gasteiger partial charge on any atom is 0.410 e. The number of likely N-dealkylation sites (tertiary alicyclic amines) is 2. The second-order valence-electron chi connectivity index (χ2n) is 8.43. The van der Waals surface area contributed by atoms with Crippen LogP contribution in [0, 0.1) is 5.82 Å². The molecule has 2 heterocycles. The van der Waals surface area contributed by atoms with Crippen molar-refractivity contribution in [3.05, 3.63) is 59.9 Å². The first-order chi connectivity index (χ1) is 16.4. The molecule has 2 fully saturated rings. The van der Waals surface area contributed by atoms with Crippen molar-refractivity contribution in [1.29, 1.82) is 0 Å². The number of rotatable bonds is 6. The molecule has 2 aliphatic rings. The number of carbonyl (C=O) groups is 2. The molecule has 0 spiro atoms. The Morgan fingerprint density at radius 1 is 1.15 bits per heavy atom. The molecule has 2 atom stereocenters. The predicted octanol–water partition coefficient (Wildman–Crippen LogP) is 3.43. The van der Waals surface area contributed by atoms with Crippen molar-refractivity contribution in [3.8, 4) is 5.75 Å². The van der Waals surface area contributed by atoms with Crippen LogP contribution < -0.4 is 15.4 Å². The first kappa shape index (κ1) is 23.9. The summed E-state index contributed by atoms with van der Waals surface area (Å²) in [5, 5.41) is 15.0. The number of nitrogens with zero attached hydrogens (tertiary/aromatic N) is 2. The fourth-order valence-corrected chi connectivity index (χ4v) is 4.44. The number of benzene rings is 2. The molecule has 8 nitrogen and oxygen atoms in total. The van der Waals surface area contributed by atoms with Gasteiger partial charge in [-0.25, -0.2) is 9.18 Å². The maximum atomic E-state index is 14.8. The molecule has 2 amide bonds. The van der Waals surface area contributed by atoms with E-state index in [1.54, 1.807) is 6.07 Å². The summed E-state index contributed by atoms with van der Waals surface area (Å²) >= 11 is 5.16. The molecule has 2 aromatic rings. The maximum absolute atomic E-state index is 14.8. The molecular weight excluding hydrogens is 459 g/mol. The second-order valence-corrected chi connectivity index (χ2v) is 8.83. The number of halogens is 1. The van der Waals surface area contributed by atoms with Gasteiger partial charge in [0.1, 0.15) is 0 Å². The lowest BCUT2D eigenvalue weighted by molar-refractivity contribution is -0.119. The molecule has 0 aromatic heterocycles. The minimum Gasteiger partial charge on any atom is -0.467 e. The van der Waals surface area contributed by atoms with Crippen molar-refractivity contribution in [2.75, 3.05) is 25.0 Å². The van der Waals surface area contributed by atoms with Crippen LogP contribution in [-0.4, -0.2) is 63.9 Å². The Morgan fingerprint density at radius 3 is 2.56 bits per heavy atom. The zero-order valence-electron chi connectivity index (χ0n) is 18.6. The number of thiocarbonyl (C=S) groups is 1. The molecule has 0 radical (unpaired) electrons. The number of nitrogens with one attached hydrogen (secondary N) is 2. The molecule has 180 valence electrons. The van der Waals surface area contributed by atoms with Crippen molar-refractivity contribution in [1.82, 2.24) is 15.1 Å². The van der Waals surface area contributed by atoms with Crippen LogP contribution in [0.2, 0.25) is 0 Å². The third-order valence-corrected chi connectivity index (χ3v) is 6.29. The normalized spacial score (nSPS) is 20.2. The summed E-state index contributed by atoms with van der Waals surface area (Å²) in [5.41, 5.74) is 1.19. The fraction of sp³-hybridized carbons (Fsp3) is 0.375. The Kier molecular flexibility index (Phi) is 7.59. The van der Waals surface area contributed by atoms with Gasteiger partial charge in [0, 0.05) is 30.8 Å². The van der Waals surface area contributed by atoms with Crippen molar-refractivity contribution in [2.45, 2.75) is 38.0 Å². The molecule has 2 unspecified atom stereocenters. The van der Waals surface area contributed by atoms with Crippen molar-refractivity contribution in [3.63, 3.8) is 0 Å². The van der Waals surface area contributed by atoms with E-state index in [1.165, 1.54) is 17.0 Å². The van der Waals surface area contributed by atoms with E-state index in [0.717, 1.165) is 31.5 Å². The van der Waals surface area contributed by atoms with E-state index in [2.05, 4.69) is 15.5 Å². The summed E-state index contributed by atoms with van der Waals surface area (Å²) < 4.78 is 20.6. The predicted molar refractivity (Wildman–Crippen MR) is 129 cm³/mol. The number of anilines is 1. The highest BCUT2D eigenvalue weighted by atomic mass is 32.1. The van der Waals surface area contributed by atoms with E-state index in [4.69, 9.17) is 17.0 Å². The van der Waals surface area contributed by atoms with Gasteiger partial charge in [-0.15, -0.1) is 0 Å². The quantitative estimate of drug-likeness (QED) is 0.539. The van der Waals surface area contributed by atoms with Crippen LogP contribution in [0.25, 0.3) is 0 Å². The number of hydrogen-bond acceptors (Lipinski definition) is 5. The van der Waals surface area contributed by atoms with Crippen LogP contribution in [0.1, 0.15) is 24.8 Å². The van der Waals surface area contributed by atoms with Gasteiger partial charge < -0.3 is 25.4 Å². The van der Waals surface area contributed by atoms with Gasteiger partial charge in [-0.1, -0.05) is 30.3 Å². The first-order valence-corrected chi connectivity index (χ1v) is 11.6. The monoisotopic (exact) mass is 486 g/mol. The topological polar surface area (TPSA) is 94.1 Å². The number of amides is 2. The molecule has 2 aliphatic heterocycles. The van der Waals surface area contributed by atoms with Gasteiger partial charge >= 0.3 is 6.09 Å². The Labute approximate surface area is 202 Å². The highest BCUT2D eigenvalue weighted by Gasteiger charge is 2.37. The van der Waals surface area contributed by atoms with Crippen molar-refractivity contribution < 1.29 is 23.8 Å². The molecule has 10 heteroatoms. The average molecular weight is 487 g/mol. The SMILES string of the molecule is O=C(Cc1ccccc1)NC(=S)Nc1ccc(OC2CC(N3CCC3)CCN2C(=O)O)c(F)c1. The minimum absolute atomic E-state index is 0.0370. The summed E-state index contributed by atoms with van der Waals surface area (Å²) in [6.45, 7) is 2.35. The molecule has 2 aromatic carbocycles. The van der Waals surface area contributed by atoms with E-state index in [-0.39, 0.29) is 29.2 Å². The van der Waals surface area contributed by atoms with Crippen LogP contribution in [0.3, 0.4) is 0 Å². The number of carboxylic acid groups (broad SMARTS) is 1. The van der Waals surface area contributed by atoms with Gasteiger partial charge in [0.2, 0.25) is 5.91 Å². The second kappa shape index (κ2) is 10.8. The molecule has 4 rings (SSSR count). The third-order valence-electron chi connectivity index (χ3n) is 6.09. The smallest absolute Gasteiger partial charge is 0.410 e. The lowest BCUT2D eigenvalue weighted by Crippen LogP contribution is -2.56. The molecule has 0 saturated carbocycles. The lowest BCUT2D eigenvalue weighted by atomic mass is 9.98. The van der Waals surface area contributed by atoms with E-state index < -0.39 is 18.1 Å². The van der Waals surface area contributed by atoms with E-state index in [0.29, 0.717) is 18.7 Å². The number of piperidine rings is 1. The standard InChI is InChI=1S/C24H27FN4O4S/c25-19-14-17(26-23(34)27-21(30)13-16-5-2-1-3-6-16)7-8-20(19)33-22-15-18(28-10-4-11-28)9-12-29(22)24(31)32/h1-3,5-8,14,18,22H,4,9-13,15H2,(H,31,32)(H2,26,27,30,34). The van der Waals surface area contributed by atoms with E-state index in [1.807, 2.05) is 30.3 Å². The molecule has 3 N–H and O–H groups in total. The highest BCUT2D eigenvalue weighted by molar-refractivity contribution is 7.80. The Morgan fingerprint density at radius 2 is 1.91 bits per heavy atom. The largest absolute Gasteiger partial charge is 0.467 e. The van der Waals surface area contributed by atoms with Gasteiger partial charge in [-0.3, -0.25) is 9.69 Å². The van der Waals surface area contributed by atoms with Crippen LogP contribution in [0.15, 0.2) is 48.5 Å². The summed E-state index contributed by atoms with van der Waals surface area (Å²) in [7, 11) is 0. The zero-order valence-corrected chi connectivity index (χ0v) is 19.4. The molecule has 0 aliphatic carbocycles. The third kappa shape index (κ3) is 6.00. The van der Waals surface area contributed by atoms with Gasteiger partial charge in [-0.2, -0.15) is 0 Å². The zero-order chi connectivity index (χ0) is 24.1. The average Bonchev–Trinajstić information content (AvgIpc) is 2.75. The summed E-state index contributed by atoms with van der Waals surface area (Å²) in [4.78, 5) is 27.3. The Balaban J connectivity index is 1.34. The first-order valence-electron chi connectivity index (χ1n) is 11.2. The van der Waals surface area contributed by atoms with Crippen molar-refractivity contribution >= 4 is 35.0 Å². The summed E-state index contributed by atoms with van der Waals surface area (Å²) in [6.07, 6.45) is 0.700. The van der Waals surface area contributed by atoms with Crippen LogP contribution in [0.4, 0.5) is 14.9 Å². The van der Waals surface area contributed by atoms with Crippen LogP contribution in [0.5, 0.6) is 5.75 Å². The Bertz CT molecular complexity index is 1050. The summed E-state index contributed by atoms with van der Waals surface area (Å²) in [6, 6.07) is 13.7. The van der Waals surface area contributed by atoms with Gasteiger partial charge in [0.05, 0.1) is 6.42 Å². The Hall–Kier alpha value is -3.24. The lowest BCUT2D eigenvalue weighted by Gasteiger charge is -2.45. The molecule has 0 bridgehead atoms. The van der Waals surface area contributed by atoms with Gasteiger partial charge in [-0.05, 0) is 55.8 Å². The number of hydrogen-bond donors (Lipinski definition) is 3. The van der Waals surface area contributed by atoms with Gasteiger partial charge in [0.25, 0.3) is 0 Å². The van der Waals surface area contributed by atoms with E-state index >= 15 is 0 Å². The van der Waals surface area contributed by atoms with Crippen LogP contribution in [-0.2, 0) is 11.2 Å². The minimum atomic E-state index is -1.08. The number of carbonyl (C=O) groups excluding carboxylic acids is 1. The highest BCUT2D eigenvalue weighted by Crippen LogP contribution is 2.29. The van der Waals surface area contributed by atoms with E-state index in [9.17, 15) is 19.1 Å². The number of ether oxygens (including phenoxy) is 1. The fourth-order valence-electron chi connectivity index (χ4n) is 4.21. The molecule has 2 saturated heterocycles. The molecular formula is C24H27FN4O4S.